The third-order valence-electron chi connectivity index (χ3n) is 2.42. The van der Waals surface area contributed by atoms with Crippen molar-refractivity contribution in [3.05, 3.63) is 49.6 Å². The molecule has 6 heteroatoms. The number of carbonyl (C=O) groups is 1. The van der Waals surface area contributed by atoms with Crippen LogP contribution in [0.4, 0.5) is 5.69 Å². The number of hydrogen-bond donors (Lipinski definition) is 2. The monoisotopic (exact) mass is 257 g/mol. The molecular weight excluding hydrogens is 242 g/mol. The van der Waals surface area contributed by atoms with E-state index in [1.54, 1.807) is 17.1 Å². The highest BCUT2D eigenvalue weighted by atomic mass is 16.1. The number of rotatable bonds is 6. The molecule has 2 rings (SSSR count). The molecule has 1 aromatic heterocycles. The van der Waals surface area contributed by atoms with E-state index in [4.69, 9.17) is 0 Å². The molecule has 0 saturated heterocycles. The number of nitrogens with zero attached hydrogens (tertiary/aromatic N) is 3. The van der Waals surface area contributed by atoms with Gasteiger partial charge in [0, 0.05) is 6.54 Å². The van der Waals surface area contributed by atoms with Gasteiger partial charge in [-0.2, -0.15) is 5.10 Å². The van der Waals surface area contributed by atoms with E-state index in [2.05, 4.69) is 27.3 Å². The molecule has 6 nitrogen and oxygen atoms in total. The van der Waals surface area contributed by atoms with E-state index in [-0.39, 0.29) is 12.5 Å². The van der Waals surface area contributed by atoms with Crippen molar-refractivity contribution in [2.24, 2.45) is 0 Å². The number of nitrogens with one attached hydrogen (secondary N) is 2. The molecular formula is C13H15N5O. The Hall–Kier alpha value is -2.47. The zero-order valence-corrected chi connectivity index (χ0v) is 10.4. The molecule has 0 spiro atoms. The van der Waals surface area contributed by atoms with Crippen molar-refractivity contribution >= 4 is 11.6 Å². The van der Waals surface area contributed by atoms with Crippen LogP contribution < -0.4 is 10.6 Å². The third kappa shape index (κ3) is 3.49. The quantitative estimate of drug-likeness (QED) is 0.598. The topological polar surface area (TPSA) is 71.8 Å². The summed E-state index contributed by atoms with van der Waals surface area (Å²) in [4.78, 5) is 15.7. The van der Waals surface area contributed by atoms with Crippen molar-refractivity contribution in [1.29, 1.82) is 0 Å². The third-order valence-corrected chi connectivity index (χ3v) is 2.42. The SMILES string of the molecule is C=CCNCC(=O)Nc1ccccc1-n1cncn1. The molecule has 0 fully saturated rings. The van der Waals surface area contributed by atoms with Crippen LogP contribution in [0.5, 0.6) is 0 Å². The predicted molar refractivity (Wildman–Crippen MR) is 73.1 cm³/mol. The minimum Gasteiger partial charge on any atom is -0.323 e. The highest BCUT2D eigenvalue weighted by Gasteiger charge is 2.07. The maximum Gasteiger partial charge on any atom is 0.238 e. The van der Waals surface area contributed by atoms with E-state index in [1.165, 1.54) is 6.33 Å². The fraction of sp³-hybridized carbons (Fsp3) is 0.154. The van der Waals surface area contributed by atoms with Gasteiger partial charge in [0.2, 0.25) is 5.91 Å². The number of amides is 1. The van der Waals surface area contributed by atoms with E-state index in [9.17, 15) is 4.79 Å². The molecule has 98 valence electrons. The van der Waals surface area contributed by atoms with Crippen molar-refractivity contribution in [3.8, 4) is 5.69 Å². The van der Waals surface area contributed by atoms with Crippen LogP contribution in [-0.2, 0) is 4.79 Å². The van der Waals surface area contributed by atoms with Crippen LogP contribution >= 0.6 is 0 Å². The number of hydrogen-bond acceptors (Lipinski definition) is 4. The lowest BCUT2D eigenvalue weighted by Gasteiger charge is -2.10. The average Bonchev–Trinajstić information content (AvgIpc) is 2.93. The second-order valence-electron chi connectivity index (χ2n) is 3.82. The largest absolute Gasteiger partial charge is 0.323 e. The first-order chi connectivity index (χ1) is 9.31. The van der Waals surface area contributed by atoms with E-state index in [0.29, 0.717) is 12.2 Å². The molecule has 0 radical (unpaired) electrons. The van der Waals surface area contributed by atoms with Crippen LogP contribution in [0.1, 0.15) is 0 Å². The minimum atomic E-state index is -0.116. The van der Waals surface area contributed by atoms with Crippen LogP contribution in [0, 0.1) is 0 Å². The summed E-state index contributed by atoms with van der Waals surface area (Å²) in [6.07, 6.45) is 4.74. The number of carbonyl (C=O) groups excluding carboxylic acids is 1. The first kappa shape index (κ1) is 13.0. The van der Waals surface area contributed by atoms with Gasteiger partial charge in [0.25, 0.3) is 0 Å². The van der Waals surface area contributed by atoms with Crippen molar-refractivity contribution in [2.75, 3.05) is 18.4 Å². The van der Waals surface area contributed by atoms with E-state index in [1.807, 2.05) is 24.3 Å². The normalized spacial score (nSPS) is 10.1. The molecule has 0 aliphatic rings. The standard InChI is InChI=1S/C13H15N5O/c1-2-7-14-8-13(19)17-11-5-3-4-6-12(11)18-10-15-9-16-18/h2-6,9-10,14H,1,7-8H2,(H,17,19). The molecule has 0 aliphatic heterocycles. The first-order valence-electron chi connectivity index (χ1n) is 5.87. The summed E-state index contributed by atoms with van der Waals surface area (Å²) in [6, 6.07) is 7.42. The highest BCUT2D eigenvalue weighted by Crippen LogP contribution is 2.18. The second-order valence-corrected chi connectivity index (χ2v) is 3.82. The van der Waals surface area contributed by atoms with Crippen molar-refractivity contribution in [3.63, 3.8) is 0 Å². The zero-order chi connectivity index (χ0) is 13.5. The van der Waals surface area contributed by atoms with Crippen molar-refractivity contribution < 1.29 is 4.79 Å². The van der Waals surface area contributed by atoms with Gasteiger partial charge < -0.3 is 10.6 Å². The first-order valence-corrected chi connectivity index (χ1v) is 5.87. The molecule has 2 N–H and O–H groups in total. The van der Waals surface area contributed by atoms with Crippen molar-refractivity contribution in [2.45, 2.75) is 0 Å². The van der Waals surface area contributed by atoms with Crippen LogP contribution in [0.2, 0.25) is 0 Å². The zero-order valence-electron chi connectivity index (χ0n) is 10.4. The fourth-order valence-electron chi connectivity index (χ4n) is 1.59. The van der Waals surface area contributed by atoms with Gasteiger partial charge in [0.15, 0.2) is 0 Å². The van der Waals surface area contributed by atoms with E-state index < -0.39 is 0 Å². The molecule has 0 atom stereocenters. The van der Waals surface area contributed by atoms with E-state index in [0.717, 1.165) is 5.69 Å². The fourth-order valence-corrected chi connectivity index (χ4v) is 1.59. The Morgan fingerprint density at radius 1 is 1.42 bits per heavy atom. The Balaban J connectivity index is 2.08. The van der Waals surface area contributed by atoms with Crippen LogP contribution in [0.25, 0.3) is 5.69 Å². The van der Waals surface area contributed by atoms with Crippen LogP contribution in [0.3, 0.4) is 0 Å². The summed E-state index contributed by atoms with van der Waals surface area (Å²) in [5.41, 5.74) is 1.47. The maximum atomic E-state index is 11.8. The minimum absolute atomic E-state index is 0.116. The number of para-hydroxylation sites is 2. The summed E-state index contributed by atoms with van der Waals surface area (Å²) in [7, 11) is 0. The predicted octanol–water partition coefficient (Wildman–Crippen LogP) is 0.981. The smallest absolute Gasteiger partial charge is 0.238 e. The molecule has 1 heterocycles. The van der Waals surface area contributed by atoms with Gasteiger partial charge in [-0.1, -0.05) is 18.2 Å². The van der Waals surface area contributed by atoms with Crippen molar-refractivity contribution in [1.82, 2.24) is 20.1 Å². The van der Waals surface area contributed by atoms with Crippen LogP contribution in [-0.4, -0.2) is 33.8 Å². The average molecular weight is 257 g/mol. The van der Waals surface area contributed by atoms with Gasteiger partial charge in [0.1, 0.15) is 12.7 Å². The van der Waals surface area contributed by atoms with Gasteiger partial charge in [-0.3, -0.25) is 4.79 Å². The Morgan fingerprint density at radius 3 is 3.00 bits per heavy atom. The second kappa shape index (κ2) is 6.46. The Kier molecular flexibility index (Phi) is 4.41. The lowest BCUT2D eigenvalue weighted by atomic mass is 10.2. The molecule has 0 unspecified atom stereocenters. The van der Waals surface area contributed by atoms with Gasteiger partial charge in [-0.25, -0.2) is 9.67 Å². The van der Waals surface area contributed by atoms with Gasteiger partial charge in [-0.05, 0) is 12.1 Å². The number of aromatic nitrogens is 3. The molecule has 1 amide bonds. The number of benzene rings is 1. The Labute approximate surface area is 111 Å². The molecule has 0 bridgehead atoms. The summed E-state index contributed by atoms with van der Waals surface area (Å²) >= 11 is 0. The summed E-state index contributed by atoms with van der Waals surface area (Å²) in [5.74, 6) is -0.116. The maximum absolute atomic E-state index is 11.8. The number of anilines is 1. The summed E-state index contributed by atoms with van der Waals surface area (Å²) < 4.78 is 1.60. The molecule has 0 aliphatic carbocycles. The molecule has 0 saturated carbocycles. The Morgan fingerprint density at radius 2 is 2.26 bits per heavy atom. The lowest BCUT2D eigenvalue weighted by Crippen LogP contribution is -2.28. The summed E-state index contributed by atoms with van der Waals surface area (Å²) in [6.45, 7) is 4.41. The summed E-state index contributed by atoms with van der Waals surface area (Å²) in [5, 5.41) is 9.83. The van der Waals surface area contributed by atoms with Gasteiger partial charge in [-0.15, -0.1) is 6.58 Å². The van der Waals surface area contributed by atoms with E-state index >= 15 is 0 Å². The lowest BCUT2D eigenvalue weighted by molar-refractivity contribution is -0.115. The molecule has 19 heavy (non-hydrogen) atoms. The van der Waals surface area contributed by atoms with Gasteiger partial charge >= 0.3 is 0 Å². The van der Waals surface area contributed by atoms with Crippen LogP contribution in [0.15, 0.2) is 49.6 Å². The van der Waals surface area contributed by atoms with Gasteiger partial charge in [0.05, 0.1) is 17.9 Å². The highest BCUT2D eigenvalue weighted by molar-refractivity contribution is 5.94. The molecule has 2 aromatic rings. The molecule has 1 aromatic carbocycles. The Bertz CT molecular complexity index is 550.